The van der Waals surface area contributed by atoms with Crippen molar-refractivity contribution in [2.24, 2.45) is 0 Å². The molecule has 1 aromatic carbocycles. The molecular weight excluding hydrogens is 368 g/mol. The Balaban J connectivity index is 1.40. The number of carbonyl (C=O) groups is 2. The molecule has 1 amide bonds. The number of hydrogen-bond acceptors (Lipinski definition) is 4. The Morgan fingerprint density at radius 3 is 2.62 bits per heavy atom. The van der Waals surface area contributed by atoms with E-state index in [1.165, 1.54) is 0 Å². The molecule has 150 valence electrons. The molecule has 0 unspecified atom stereocenters. The molecule has 1 aliphatic heterocycles. The van der Waals surface area contributed by atoms with Gasteiger partial charge in [0, 0.05) is 35.6 Å². The second-order valence-corrected chi connectivity index (χ2v) is 7.30. The first-order valence-corrected chi connectivity index (χ1v) is 9.78. The molecule has 0 spiro atoms. The van der Waals surface area contributed by atoms with Crippen molar-refractivity contribution in [1.29, 1.82) is 0 Å². The van der Waals surface area contributed by atoms with Gasteiger partial charge < -0.3 is 18.6 Å². The lowest BCUT2D eigenvalue weighted by atomic mass is 10.1. The maximum Gasteiger partial charge on any atom is 0.227 e. The summed E-state index contributed by atoms with van der Waals surface area (Å²) in [4.78, 5) is 26.3. The molecule has 1 aliphatic rings. The van der Waals surface area contributed by atoms with Gasteiger partial charge in [0.1, 0.15) is 11.5 Å². The molecule has 0 saturated carbocycles. The molecule has 0 aliphatic carbocycles. The van der Waals surface area contributed by atoms with Gasteiger partial charge in [0.15, 0.2) is 6.61 Å². The van der Waals surface area contributed by atoms with Crippen molar-refractivity contribution >= 4 is 17.4 Å². The molecule has 0 atom stereocenters. The van der Waals surface area contributed by atoms with Gasteiger partial charge in [-0.1, -0.05) is 0 Å². The van der Waals surface area contributed by atoms with Gasteiger partial charge in [-0.2, -0.15) is 0 Å². The number of carbonyl (C=O) groups excluding carboxylic acids is 2. The zero-order chi connectivity index (χ0) is 20.4. The molecule has 1 fully saturated rings. The van der Waals surface area contributed by atoms with E-state index in [0.717, 1.165) is 35.8 Å². The standard InChI is InChI=1S/C23H24N2O4/c1-16-13-21(17(2)25(16)14-20-5-4-12-28-20)22(26)15-29-19-9-7-18(8-10-19)24-11-3-6-23(24)27/h4-5,7-10,12-13H,3,6,11,14-15H2,1-2H3. The maximum atomic E-state index is 12.7. The molecule has 1 saturated heterocycles. The number of anilines is 1. The number of ketones is 1. The van der Waals surface area contributed by atoms with Crippen molar-refractivity contribution in [2.45, 2.75) is 33.2 Å². The molecule has 0 bridgehead atoms. The molecule has 0 radical (unpaired) electrons. The van der Waals surface area contributed by atoms with E-state index >= 15 is 0 Å². The monoisotopic (exact) mass is 392 g/mol. The molecular formula is C23H24N2O4. The van der Waals surface area contributed by atoms with Gasteiger partial charge in [-0.25, -0.2) is 0 Å². The topological polar surface area (TPSA) is 64.7 Å². The van der Waals surface area contributed by atoms with Gasteiger partial charge in [-0.05, 0) is 62.7 Å². The third-order valence-corrected chi connectivity index (χ3v) is 5.36. The van der Waals surface area contributed by atoms with Crippen LogP contribution in [0.25, 0.3) is 0 Å². The Kier molecular flexibility index (Phi) is 5.25. The Morgan fingerprint density at radius 2 is 1.97 bits per heavy atom. The van der Waals surface area contributed by atoms with E-state index in [2.05, 4.69) is 4.57 Å². The van der Waals surface area contributed by atoms with Gasteiger partial charge >= 0.3 is 0 Å². The highest BCUT2D eigenvalue weighted by atomic mass is 16.5. The van der Waals surface area contributed by atoms with Crippen LogP contribution < -0.4 is 9.64 Å². The summed E-state index contributed by atoms with van der Waals surface area (Å²) in [5.74, 6) is 1.54. The number of rotatable bonds is 7. The van der Waals surface area contributed by atoms with Gasteiger partial charge in [0.25, 0.3) is 0 Å². The predicted molar refractivity (Wildman–Crippen MR) is 110 cm³/mol. The first-order valence-electron chi connectivity index (χ1n) is 9.78. The Labute approximate surface area is 169 Å². The minimum Gasteiger partial charge on any atom is -0.485 e. The van der Waals surface area contributed by atoms with E-state index in [-0.39, 0.29) is 18.3 Å². The minimum absolute atomic E-state index is 0.0347. The van der Waals surface area contributed by atoms with Crippen LogP contribution in [0.1, 0.15) is 40.3 Å². The second-order valence-electron chi connectivity index (χ2n) is 7.30. The van der Waals surface area contributed by atoms with Crippen LogP contribution in [-0.4, -0.2) is 29.4 Å². The summed E-state index contributed by atoms with van der Waals surface area (Å²) in [6.45, 7) is 5.23. The molecule has 4 rings (SSSR count). The zero-order valence-corrected chi connectivity index (χ0v) is 16.7. The zero-order valence-electron chi connectivity index (χ0n) is 16.7. The summed E-state index contributed by atoms with van der Waals surface area (Å²) < 4.78 is 13.2. The first-order chi connectivity index (χ1) is 14.0. The molecule has 3 aromatic rings. The number of aryl methyl sites for hydroxylation is 1. The van der Waals surface area contributed by atoms with E-state index in [0.29, 0.717) is 24.3 Å². The summed E-state index contributed by atoms with van der Waals surface area (Å²) in [6, 6.07) is 13.0. The normalized spacial score (nSPS) is 13.9. The van der Waals surface area contributed by atoms with Crippen LogP contribution in [-0.2, 0) is 11.3 Å². The average molecular weight is 392 g/mol. The third-order valence-electron chi connectivity index (χ3n) is 5.36. The summed E-state index contributed by atoms with van der Waals surface area (Å²) in [6.07, 6.45) is 3.14. The number of amides is 1. The summed E-state index contributed by atoms with van der Waals surface area (Å²) >= 11 is 0. The number of Topliss-reactive ketones (excluding diaryl/α,β-unsaturated/α-hetero) is 1. The van der Waals surface area contributed by atoms with Crippen molar-refractivity contribution in [3.63, 3.8) is 0 Å². The van der Waals surface area contributed by atoms with Crippen LogP contribution in [0.2, 0.25) is 0 Å². The van der Waals surface area contributed by atoms with Crippen LogP contribution >= 0.6 is 0 Å². The van der Waals surface area contributed by atoms with Crippen LogP contribution in [0.5, 0.6) is 5.75 Å². The quantitative estimate of drug-likeness (QED) is 0.567. The fourth-order valence-electron chi connectivity index (χ4n) is 3.76. The van der Waals surface area contributed by atoms with Crippen molar-refractivity contribution in [2.75, 3.05) is 18.1 Å². The van der Waals surface area contributed by atoms with E-state index in [4.69, 9.17) is 9.15 Å². The lowest BCUT2D eigenvalue weighted by molar-refractivity contribution is -0.117. The largest absolute Gasteiger partial charge is 0.485 e. The number of benzene rings is 1. The summed E-state index contributed by atoms with van der Waals surface area (Å²) in [5, 5.41) is 0. The molecule has 3 heterocycles. The highest BCUT2D eigenvalue weighted by molar-refractivity contribution is 5.98. The van der Waals surface area contributed by atoms with E-state index < -0.39 is 0 Å². The van der Waals surface area contributed by atoms with Crippen LogP contribution in [0.3, 0.4) is 0 Å². The first kappa shape index (κ1) is 19.1. The van der Waals surface area contributed by atoms with E-state index in [9.17, 15) is 9.59 Å². The third kappa shape index (κ3) is 3.97. The van der Waals surface area contributed by atoms with Crippen molar-refractivity contribution < 1.29 is 18.7 Å². The highest BCUT2D eigenvalue weighted by Gasteiger charge is 2.21. The Morgan fingerprint density at radius 1 is 1.17 bits per heavy atom. The van der Waals surface area contributed by atoms with Crippen molar-refractivity contribution in [3.05, 3.63) is 71.4 Å². The summed E-state index contributed by atoms with van der Waals surface area (Å²) in [7, 11) is 0. The van der Waals surface area contributed by atoms with E-state index in [1.807, 2.05) is 44.2 Å². The van der Waals surface area contributed by atoms with Gasteiger partial charge in [0.05, 0.1) is 12.8 Å². The van der Waals surface area contributed by atoms with Crippen LogP contribution in [0.4, 0.5) is 5.69 Å². The number of hydrogen-bond donors (Lipinski definition) is 0. The second kappa shape index (κ2) is 7.99. The molecule has 0 N–H and O–H groups in total. The average Bonchev–Trinajstić information content (AvgIpc) is 3.45. The van der Waals surface area contributed by atoms with Gasteiger partial charge in [0.2, 0.25) is 11.7 Å². The van der Waals surface area contributed by atoms with Gasteiger partial charge in [-0.3, -0.25) is 9.59 Å². The fourth-order valence-corrected chi connectivity index (χ4v) is 3.76. The number of nitrogens with zero attached hydrogens (tertiary/aromatic N) is 2. The van der Waals surface area contributed by atoms with Crippen LogP contribution in [0, 0.1) is 13.8 Å². The smallest absolute Gasteiger partial charge is 0.227 e. The van der Waals surface area contributed by atoms with Crippen molar-refractivity contribution in [1.82, 2.24) is 4.57 Å². The number of ether oxygens (including phenoxy) is 1. The summed E-state index contributed by atoms with van der Waals surface area (Å²) in [5.41, 5.74) is 3.43. The lowest BCUT2D eigenvalue weighted by Gasteiger charge is -2.16. The molecule has 6 heteroatoms. The fraction of sp³-hybridized carbons (Fsp3) is 0.304. The molecule has 6 nitrogen and oxygen atoms in total. The minimum atomic E-state index is -0.0670. The number of aromatic nitrogens is 1. The van der Waals surface area contributed by atoms with E-state index in [1.54, 1.807) is 23.3 Å². The maximum absolute atomic E-state index is 12.7. The number of furan rings is 1. The lowest BCUT2D eigenvalue weighted by Crippen LogP contribution is -2.23. The van der Waals surface area contributed by atoms with Crippen molar-refractivity contribution in [3.8, 4) is 5.75 Å². The molecule has 2 aromatic heterocycles. The Hall–Kier alpha value is -3.28. The van der Waals surface area contributed by atoms with Gasteiger partial charge in [-0.15, -0.1) is 0 Å². The predicted octanol–water partition coefficient (Wildman–Crippen LogP) is 4.13. The highest BCUT2D eigenvalue weighted by Crippen LogP contribution is 2.24. The molecule has 29 heavy (non-hydrogen) atoms. The SMILES string of the molecule is Cc1cc(C(=O)COc2ccc(N3CCCC3=O)cc2)c(C)n1Cc1ccco1. The Bertz CT molecular complexity index is 1020. The van der Waals surface area contributed by atoms with Crippen LogP contribution in [0.15, 0.2) is 53.1 Å².